The van der Waals surface area contributed by atoms with Crippen LogP contribution >= 0.6 is 0 Å². The van der Waals surface area contributed by atoms with Crippen molar-refractivity contribution in [2.45, 2.75) is 31.1 Å². The van der Waals surface area contributed by atoms with Crippen molar-refractivity contribution in [3.8, 4) is 0 Å². The van der Waals surface area contributed by atoms with E-state index in [0.717, 1.165) is 12.8 Å². The van der Waals surface area contributed by atoms with Crippen LogP contribution in [0.15, 0.2) is 12.2 Å². The summed E-state index contributed by atoms with van der Waals surface area (Å²) in [4.78, 5) is 5.47. The molecule has 2 aliphatic heterocycles. The van der Waals surface area contributed by atoms with Crippen LogP contribution in [0, 0.1) is 0 Å². The van der Waals surface area contributed by atoms with Gasteiger partial charge in [0.25, 0.3) is 0 Å². The van der Waals surface area contributed by atoms with Crippen molar-refractivity contribution in [3.63, 3.8) is 0 Å². The van der Waals surface area contributed by atoms with E-state index in [1.165, 1.54) is 0 Å². The maximum absolute atomic E-state index is 9.44. The van der Waals surface area contributed by atoms with Gasteiger partial charge < -0.3 is 5.11 Å². The number of aliphatic hydroxyl groups excluding tert-OH is 1. The van der Waals surface area contributed by atoms with E-state index < -0.39 is 0 Å². The third kappa shape index (κ3) is 1.31. The van der Waals surface area contributed by atoms with Crippen LogP contribution in [0.3, 0.4) is 0 Å². The first-order valence-corrected chi connectivity index (χ1v) is 4.01. The number of aliphatic hydroxyl groups is 1. The topological polar surface area (TPSA) is 32.7 Å². The Morgan fingerprint density at radius 3 is 3.00 bits per heavy atom. The lowest BCUT2D eigenvalue weighted by molar-refractivity contribution is -0.182. The average molecular weight is 155 g/mol. The summed E-state index contributed by atoms with van der Waals surface area (Å²) in [6, 6.07) is 0.267. The highest BCUT2D eigenvalue weighted by molar-refractivity contribution is 5.04. The summed E-state index contributed by atoms with van der Waals surface area (Å²) in [5.41, 5.74) is 0. The minimum atomic E-state index is -0.204. The van der Waals surface area contributed by atoms with Crippen molar-refractivity contribution in [2.75, 3.05) is 7.05 Å². The van der Waals surface area contributed by atoms with Gasteiger partial charge >= 0.3 is 0 Å². The maximum atomic E-state index is 9.44. The molecule has 0 aromatic rings. The van der Waals surface area contributed by atoms with Crippen molar-refractivity contribution in [2.24, 2.45) is 0 Å². The smallest absolute Gasteiger partial charge is 0.0999 e. The molecule has 11 heavy (non-hydrogen) atoms. The van der Waals surface area contributed by atoms with Gasteiger partial charge in [0.2, 0.25) is 0 Å². The Bertz CT molecular complexity index is 179. The van der Waals surface area contributed by atoms with Gasteiger partial charge in [0, 0.05) is 13.5 Å². The van der Waals surface area contributed by atoms with Gasteiger partial charge in [-0.15, -0.1) is 0 Å². The Balaban J connectivity index is 2.18. The molecule has 3 unspecified atom stereocenters. The Morgan fingerprint density at radius 2 is 2.27 bits per heavy atom. The predicted octanol–water partition coefficient (Wildman–Crippen LogP) is 0.311. The van der Waals surface area contributed by atoms with E-state index >= 15 is 0 Å². The molecule has 3 nitrogen and oxygen atoms in total. The number of hydrogen-bond acceptors (Lipinski definition) is 3. The van der Waals surface area contributed by atoms with Crippen LogP contribution in [-0.2, 0) is 4.84 Å². The van der Waals surface area contributed by atoms with Crippen LogP contribution < -0.4 is 0 Å². The molecule has 0 aromatic carbocycles. The van der Waals surface area contributed by atoms with Gasteiger partial charge in [-0.05, 0) is 6.42 Å². The number of nitrogens with zero attached hydrogens (tertiary/aromatic N) is 1. The average Bonchev–Trinajstić information content (AvgIpc) is 2.16. The molecule has 0 saturated carbocycles. The second-order valence-corrected chi connectivity index (χ2v) is 3.27. The molecule has 0 amide bonds. The van der Waals surface area contributed by atoms with Crippen LogP contribution in [0.1, 0.15) is 12.8 Å². The number of likely N-dealkylation sites (N-methyl/N-ethyl adjacent to an activating group) is 1. The van der Waals surface area contributed by atoms with Gasteiger partial charge in [0.15, 0.2) is 0 Å². The Hall–Kier alpha value is -0.380. The summed E-state index contributed by atoms with van der Waals surface area (Å²) < 4.78 is 0. The van der Waals surface area contributed by atoms with Crippen molar-refractivity contribution >= 4 is 0 Å². The number of rotatable bonds is 0. The molecule has 0 spiro atoms. The van der Waals surface area contributed by atoms with Crippen LogP contribution in [0.2, 0.25) is 0 Å². The van der Waals surface area contributed by atoms with Gasteiger partial charge in [-0.3, -0.25) is 4.84 Å². The van der Waals surface area contributed by atoms with Crippen molar-refractivity contribution in [1.82, 2.24) is 5.06 Å². The van der Waals surface area contributed by atoms with E-state index in [9.17, 15) is 5.11 Å². The zero-order valence-electron chi connectivity index (χ0n) is 6.60. The molecule has 1 saturated heterocycles. The third-order valence-electron chi connectivity index (χ3n) is 2.33. The Kier molecular flexibility index (Phi) is 1.71. The Labute approximate surface area is 66.2 Å². The van der Waals surface area contributed by atoms with E-state index in [-0.39, 0.29) is 18.2 Å². The van der Waals surface area contributed by atoms with Gasteiger partial charge in [0.05, 0.1) is 18.2 Å². The molecule has 0 aromatic heterocycles. The zero-order chi connectivity index (χ0) is 7.84. The first-order valence-electron chi connectivity index (χ1n) is 4.01. The normalized spacial score (nSPS) is 44.4. The molecule has 1 aliphatic carbocycles. The lowest BCUT2D eigenvalue weighted by Crippen LogP contribution is -2.34. The molecule has 0 radical (unpaired) electrons. The molecular weight excluding hydrogens is 142 g/mol. The summed E-state index contributed by atoms with van der Waals surface area (Å²) in [6.07, 6.45) is 5.57. The molecule has 3 aliphatic rings. The molecule has 1 N–H and O–H groups in total. The minimum absolute atomic E-state index is 0.0914. The third-order valence-corrected chi connectivity index (χ3v) is 2.33. The van der Waals surface area contributed by atoms with Crippen molar-refractivity contribution in [1.29, 1.82) is 0 Å². The lowest BCUT2D eigenvalue weighted by Gasteiger charge is -2.27. The number of hydroxylamine groups is 2. The second-order valence-electron chi connectivity index (χ2n) is 3.27. The van der Waals surface area contributed by atoms with Gasteiger partial charge in [-0.25, -0.2) is 0 Å². The first-order chi connectivity index (χ1) is 5.25. The molecular formula is C8H13NO2. The molecule has 2 heterocycles. The minimum Gasteiger partial charge on any atom is -0.393 e. The van der Waals surface area contributed by atoms with E-state index in [0.29, 0.717) is 0 Å². The molecule has 3 atom stereocenters. The quantitative estimate of drug-likeness (QED) is 0.511. The van der Waals surface area contributed by atoms with E-state index in [2.05, 4.69) is 6.08 Å². The summed E-state index contributed by atoms with van der Waals surface area (Å²) in [5.74, 6) is 0. The molecule has 62 valence electrons. The van der Waals surface area contributed by atoms with Crippen LogP contribution in [-0.4, -0.2) is 35.5 Å². The van der Waals surface area contributed by atoms with Crippen LogP contribution in [0.5, 0.6) is 0 Å². The van der Waals surface area contributed by atoms with E-state index in [1.807, 2.05) is 18.2 Å². The summed E-state index contributed by atoms with van der Waals surface area (Å²) in [7, 11) is 1.92. The first kappa shape index (κ1) is 7.28. The highest BCUT2D eigenvalue weighted by Crippen LogP contribution is 2.24. The molecule has 1 fully saturated rings. The molecule has 2 bridgehead atoms. The molecule has 3 rings (SSSR count). The Morgan fingerprint density at radius 1 is 1.45 bits per heavy atom. The van der Waals surface area contributed by atoms with Crippen molar-refractivity contribution < 1.29 is 9.94 Å². The SMILES string of the molecule is CN1OC2C=CC1CC(O)C2. The lowest BCUT2D eigenvalue weighted by atomic mass is 10.1. The number of hydrogen-bond donors (Lipinski definition) is 1. The predicted molar refractivity (Wildman–Crippen MR) is 40.8 cm³/mol. The fraction of sp³-hybridized carbons (Fsp3) is 0.750. The van der Waals surface area contributed by atoms with E-state index in [4.69, 9.17) is 4.84 Å². The number of fused-ring (bicyclic) bond motifs is 3. The monoisotopic (exact) mass is 155 g/mol. The zero-order valence-corrected chi connectivity index (χ0v) is 6.60. The fourth-order valence-corrected chi connectivity index (χ4v) is 1.69. The molecule has 3 heteroatoms. The van der Waals surface area contributed by atoms with Gasteiger partial charge in [0.1, 0.15) is 0 Å². The standard InChI is InChI=1S/C8H13NO2/c1-9-6-2-3-8(11-9)5-7(10)4-6/h2-3,6-8,10H,4-5H2,1H3. The summed E-state index contributed by atoms with van der Waals surface area (Å²) in [5, 5.41) is 11.3. The van der Waals surface area contributed by atoms with Gasteiger partial charge in [-0.1, -0.05) is 12.2 Å². The maximum Gasteiger partial charge on any atom is 0.0999 e. The van der Waals surface area contributed by atoms with Crippen LogP contribution in [0.4, 0.5) is 0 Å². The van der Waals surface area contributed by atoms with Crippen molar-refractivity contribution in [3.05, 3.63) is 12.2 Å². The summed E-state index contributed by atoms with van der Waals surface area (Å²) in [6.45, 7) is 0. The van der Waals surface area contributed by atoms with Crippen LogP contribution in [0.25, 0.3) is 0 Å². The highest BCUT2D eigenvalue weighted by Gasteiger charge is 2.30. The summed E-state index contributed by atoms with van der Waals surface area (Å²) >= 11 is 0. The largest absolute Gasteiger partial charge is 0.393 e. The van der Waals surface area contributed by atoms with Gasteiger partial charge in [-0.2, -0.15) is 5.06 Å². The second kappa shape index (κ2) is 2.59. The van der Waals surface area contributed by atoms with E-state index in [1.54, 1.807) is 0 Å². The highest BCUT2D eigenvalue weighted by atomic mass is 16.7. The fourth-order valence-electron chi connectivity index (χ4n) is 1.69.